The highest BCUT2D eigenvalue weighted by Crippen LogP contribution is 2.26. The molecule has 126 valence electrons. The van der Waals surface area contributed by atoms with Gasteiger partial charge in [-0.1, -0.05) is 0 Å². The molecule has 1 aliphatic rings. The third-order valence-corrected chi connectivity index (χ3v) is 3.54. The monoisotopic (exact) mass is 320 g/mol. The van der Waals surface area contributed by atoms with Gasteiger partial charge in [-0.2, -0.15) is 0 Å². The molecule has 1 N–H and O–H groups in total. The van der Waals surface area contributed by atoms with Crippen molar-refractivity contribution in [3.8, 4) is 5.75 Å². The van der Waals surface area contributed by atoms with Crippen molar-refractivity contribution in [2.45, 2.75) is 39.7 Å². The minimum absolute atomic E-state index is 0.0519. The molecular weight excluding hydrogens is 296 g/mol. The Balaban J connectivity index is 2.09. The van der Waals surface area contributed by atoms with Crippen molar-refractivity contribution in [1.82, 2.24) is 4.90 Å². The second-order valence-corrected chi connectivity index (χ2v) is 6.77. The van der Waals surface area contributed by atoms with Crippen molar-refractivity contribution in [2.24, 2.45) is 0 Å². The normalized spacial score (nSPS) is 15.7. The van der Waals surface area contributed by atoms with Crippen molar-refractivity contribution < 1.29 is 19.4 Å². The molecule has 1 aromatic rings. The highest BCUT2D eigenvalue weighted by Gasteiger charge is 2.29. The number of aryl methyl sites for hydroxylation is 1. The van der Waals surface area contributed by atoms with Crippen LogP contribution in [0.25, 0.3) is 0 Å². The summed E-state index contributed by atoms with van der Waals surface area (Å²) in [6.45, 7) is 8.26. The van der Waals surface area contributed by atoms with Gasteiger partial charge in [0, 0.05) is 18.8 Å². The van der Waals surface area contributed by atoms with E-state index in [1.807, 2.05) is 0 Å². The van der Waals surface area contributed by atoms with Crippen LogP contribution in [0.3, 0.4) is 0 Å². The molecule has 1 saturated heterocycles. The van der Waals surface area contributed by atoms with Crippen LogP contribution >= 0.6 is 0 Å². The lowest BCUT2D eigenvalue weighted by atomic mass is 10.1. The number of ether oxygens (including phenoxy) is 1. The maximum atomic E-state index is 12.6. The highest BCUT2D eigenvalue weighted by atomic mass is 16.6. The summed E-state index contributed by atoms with van der Waals surface area (Å²) >= 11 is 0. The van der Waals surface area contributed by atoms with Gasteiger partial charge in [-0.3, -0.25) is 9.69 Å². The molecule has 0 unspecified atom stereocenters. The zero-order valence-corrected chi connectivity index (χ0v) is 14.1. The number of rotatable bonds is 3. The van der Waals surface area contributed by atoms with E-state index in [0.717, 1.165) is 12.1 Å². The molecule has 0 spiro atoms. The molecule has 0 saturated carbocycles. The number of anilines is 1. The molecule has 0 bridgehead atoms. The van der Waals surface area contributed by atoms with Crippen LogP contribution in [-0.2, 0) is 9.53 Å². The molecule has 0 atom stereocenters. The van der Waals surface area contributed by atoms with Crippen LogP contribution in [0, 0.1) is 6.92 Å². The lowest BCUT2D eigenvalue weighted by Crippen LogP contribution is -2.51. The maximum Gasteiger partial charge on any atom is 0.326 e. The van der Waals surface area contributed by atoms with Gasteiger partial charge in [0.2, 0.25) is 0 Å². The fourth-order valence-electron chi connectivity index (χ4n) is 2.51. The minimum Gasteiger partial charge on any atom is -0.508 e. The third kappa shape index (κ3) is 4.37. The Morgan fingerprint density at radius 1 is 1.30 bits per heavy atom. The van der Waals surface area contributed by atoms with Gasteiger partial charge in [0.05, 0.1) is 0 Å². The first-order chi connectivity index (χ1) is 10.7. The van der Waals surface area contributed by atoms with Crippen molar-refractivity contribution in [2.75, 3.05) is 24.5 Å². The van der Waals surface area contributed by atoms with Gasteiger partial charge in [0.1, 0.15) is 17.9 Å². The molecule has 1 heterocycles. The molecule has 0 aliphatic carbocycles. The molecule has 6 nitrogen and oxygen atoms in total. The Morgan fingerprint density at radius 2 is 2.00 bits per heavy atom. The number of urea groups is 1. The van der Waals surface area contributed by atoms with E-state index in [9.17, 15) is 14.7 Å². The summed E-state index contributed by atoms with van der Waals surface area (Å²) in [5.74, 6) is -0.210. The average molecular weight is 320 g/mol. The van der Waals surface area contributed by atoms with E-state index in [1.165, 1.54) is 4.90 Å². The van der Waals surface area contributed by atoms with Gasteiger partial charge < -0.3 is 14.7 Å². The summed E-state index contributed by atoms with van der Waals surface area (Å²) in [6.07, 6.45) is 0.772. The van der Waals surface area contributed by atoms with E-state index in [-0.39, 0.29) is 18.3 Å². The van der Waals surface area contributed by atoms with Crippen molar-refractivity contribution in [1.29, 1.82) is 0 Å². The molecule has 2 amide bonds. The number of amides is 2. The van der Waals surface area contributed by atoms with Crippen LogP contribution in [0.15, 0.2) is 18.2 Å². The van der Waals surface area contributed by atoms with Crippen LogP contribution < -0.4 is 4.90 Å². The number of phenols is 1. The van der Waals surface area contributed by atoms with E-state index >= 15 is 0 Å². The second-order valence-electron chi connectivity index (χ2n) is 6.77. The number of hydrogen-bond donors (Lipinski definition) is 1. The Morgan fingerprint density at radius 3 is 2.61 bits per heavy atom. The quantitative estimate of drug-likeness (QED) is 0.869. The lowest BCUT2D eigenvalue weighted by Gasteiger charge is -2.35. The number of nitrogens with zero attached hydrogens (tertiary/aromatic N) is 2. The second kappa shape index (κ2) is 6.48. The Kier molecular flexibility index (Phi) is 4.82. The average Bonchev–Trinajstić information content (AvgIpc) is 2.42. The number of aromatic hydroxyl groups is 1. The highest BCUT2D eigenvalue weighted by molar-refractivity contribution is 5.94. The first-order valence-electron chi connectivity index (χ1n) is 7.75. The third-order valence-electron chi connectivity index (χ3n) is 3.54. The number of hydrogen-bond acceptors (Lipinski definition) is 4. The Hall–Kier alpha value is -2.24. The number of benzene rings is 1. The first-order valence-corrected chi connectivity index (χ1v) is 7.75. The molecular formula is C17H24N2O4. The van der Waals surface area contributed by atoms with Gasteiger partial charge in [-0.25, -0.2) is 4.79 Å². The topological polar surface area (TPSA) is 70.1 Å². The summed E-state index contributed by atoms with van der Waals surface area (Å²) in [4.78, 5) is 27.7. The summed E-state index contributed by atoms with van der Waals surface area (Å²) in [5, 5.41) is 9.61. The lowest BCUT2D eigenvalue weighted by molar-refractivity contribution is -0.155. The molecule has 1 aliphatic heterocycles. The van der Waals surface area contributed by atoms with Gasteiger partial charge >= 0.3 is 12.0 Å². The largest absolute Gasteiger partial charge is 0.508 e. The summed E-state index contributed by atoms with van der Waals surface area (Å²) < 4.78 is 5.28. The van der Waals surface area contributed by atoms with Crippen molar-refractivity contribution in [3.63, 3.8) is 0 Å². The van der Waals surface area contributed by atoms with Gasteiger partial charge in [-0.05, 0) is 57.9 Å². The summed E-state index contributed by atoms with van der Waals surface area (Å²) in [6, 6.07) is 4.83. The smallest absolute Gasteiger partial charge is 0.326 e. The zero-order chi connectivity index (χ0) is 17.2. The first kappa shape index (κ1) is 17.1. The molecule has 1 fully saturated rings. The van der Waals surface area contributed by atoms with E-state index in [4.69, 9.17) is 4.74 Å². The van der Waals surface area contributed by atoms with Crippen molar-refractivity contribution >= 4 is 17.7 Å². The maximum absolute atomic E-state index is 12.6. The zero-order valence-electron chi connectivity index (χ0n) is 14.1. The molecule has 0 radical (unpaired) electrons. The van der Waals surface area contributed by atoms with Crippen LogP contribution in [0.5, 0.6) is 5.75 Å². The molecule has 23 heavy (non-hydrogen) atoms. The number of carbonyl (C=O) groups is 2. The fraction of sp³-hybridized carbons (Fsp3) is 0.529. The summed E-state index contributed by atoms with van der Waals surface area (Å²) in [7, 11) is 0. The van der Waals surface area contributed by atoms with E-state index in [0.29, 0.717) is 18.7 Å². The van der Waals surface area contributed by atoms with E-state index in [1.54, 1.807) is 50.8 Å². The standard InChI is InChI=1S/C17H24N2O4/c1-12-10-13(6-7-14(12)20)19-9-5-8-18(16(19)22)11-15(21)23-17(2,3)4/h6-7,10,20H,5,8-9,11H2,1-4H3. The number of esters is 1. The minimum atomic E-state index is -0.566. The molecule has 1 aromatic carbocycles. The number of carbonyl (C=O) groups excluding carboxylic acids is 2. The van der Waals surface area contributed by atoms with E-state index in [2.05, 4.69) is 0 Å². The van der Waals surface area contributed by atoms with Gasteiger partial charge in [-0.15, -0.1) is 0 Å². The van der Waals surface area contributed by atoms with Crippen molar-refractivity contribution in [3.05, 3.63) is 23.8 Å². The fourth-order valence-corrected chi connectivity index (χ4v) is 2.51. The predicted octanol–water partition coefficient (Wildman–Crippen LogP) is 2.67. The van der Waals surface area contributed by atoms with Crippen LogP contribution in [-0.4, -0.2) is 47.2 Å². The predicted molar refractivity (Wildman–Crippen MR) is 87.6 cm³/mol. The Labute approximate surface area is 136 Å². The van der Waals surface area contributed by atoms with Gasteiger partial charge in [0.25, 0.3) is 0 Å². The molecule has 0 aromatic heterocycles. The van der Waals surface area contributed by atoms with E-state index < -0.39 is 11.6 Å². The molecule has 2 rings (SSSR count). The SMILES string of the molecule is Cc1cc(N2CCCN(CC(=O)OC(C)(C)C)C2=O)ccc1O. The summed E-state index contributed by atoms with van der Waals surface area (Å²) in [5.41, 5.74) is 0.864. The Bertz CT molecular complexity index is 607. The molecule has 6 heteroatoms. The van der Waals surface area contributed by atoms with Crippen LogP contribution in [0.2, 0.25) is 0 Å². The number of phenolic OH excluding ortho intramolecular Hbond substituents is 1. The van der Waals surface area contributed by atoms with Gasteiger partial charge in [0.15, 0.2) is 0 Å². The van der Waals surface area contributed by atoms with Crippen LogP contribution in [0.4, 0.5) is 10.5 Å². The van der Waals surface area contributed by atoms with Crippen LogP contribution in [0.1, 0.15) is 32.8 Å².